The number of hydrogen-bond donors (Lipinski definition) is 3. The van der Waals surface area contributed by atoms with Gasteiger partial charge in [-0.1, -0.05) is 42.5 Å². The van der Waals surface area contributed by atoms with Crippen LogP contribution in [0.25, 0.3) is 11.3 Å². The Bertz CT molecular complexity index is 877. The van der Waals surface area contributed by atoms with Gasteiger partial charge >= 0.3 is 0 Å². The van der Waals surface area contributed by atoms with Crippen molar-refractivity contribution in [1.29, 1.82) is 0 Å². The van der Waals surface area contributed by atoms with Gasteiger partial charge < -0.3 is 16.2 Å². The lowest BCUT2D eigenvalue weighted by molar-refractivity contribution is 0.477. The zero-order valence-corrected chi connectivity index (χ0v) is 13.2. The van der Waals surface area contributed by atoms with Crippen LogP contribution >= 0.6 is 0 Å². The number of nitrogens with one attached hydrogen (secondary N) is 1. The quantitative estimate of drug-likeness (QED) is 0.692. The van der Waals surface area contributed by atoms with Gasteiger partial charge in [0.1, 0.15) is 11.6 Å². The topological polar surface area (TPSA) is 71.2 Å². The number of phenols is 1. The maximum Gasteiger partial charge on any atom is 0.128 e. The van der Waals surface area contributed by atoms with E-state index in [9.17, 15) is 5.11 Å². The zero-order valence-electron chi connectivity index (χ0n) is 13.2. The minimum Gasteiger partial charge on any atom is -0.507 e. The van der Waals surface area contributed by atoms with Crippen molar-refractivity contribution < 1.29 is 5.11 Å². The highest BCUT2D eigenvalue weighted by molar-refractivity contribution is 5.70. The van der Waals surface area contributed by atoms with E-state index in [2.05, 4.69) is 34.6 Å². The van der Waals surface area contributed by atoms with Crippen LogP contribution in [0.4, 0.5) is 5.82 Å². The summed E-state index contributed by atoms with van der Waals surface area (Å²) in [6.45, 7) is 0.729. The summed E-state index contributed by atoms with van der Waals surface area (Å²) in [7, 11) is 0. The van der Waals surface area contributed by atoms with Crippen molar-refractivity contribution in [1.82, 2.24) is 10.3 Å². The van der Waals surface area contributed by atoms with E-state index >= 15 is 0 Å². The molecule has 4 rings (SSSR count). The number of fused-ring (bicyclic) bond motifs is 1. The Kier molecular flexibility index (Phi) is 3.67. The van der Waals surface area contributed by atoms with E-state index in [-0.39, 0.29) is 11.8 Å². The number of rotatable bonds is 3. The van der Waals surface area contributed by atoms with E-state index < -0.39 is 0 Å². The van der Waals surface area contributed by atoms with Crippen molar-refractivity contribution in [3.63, 3.8) is 0 Å². The maximum atomic E-state index is 10.1. The van der Waals surface area contributed by atoms with Crippen molar-refractivity contribution in [3.8, 4) is 17.0 Å². The maximum absolute atomic E-state index is 10.1. The number of aromatic nitrogens is 1. The Hall–Kier alpha value is -2.85. The summed E-state index contributed by atoms with van der Waals surface area (Å²) in [4.78, 5) is 4.50. The van der Waals surface area contributed by atoms with E-state index in [0.29, 0.717) is 17.1 Å². The number of anilines is 1. The first-order chi connectivity index (χ1) is 11.7. The molecule has 0 radical (unpaired) electrons. The molecule has 0 aliphatic carbocycles. The molecule has 0 unspecified atom stereocenters. The number of pyridine rings is 1. The Balaban J connectivity index is 1.74. The summed E-state index contributed by atoms with van der Waals surface area (Å²) in [6.07, 6.45) is 0.900. The molecule has 4 N–H and O–H groups in total. The van der Waals surface area contributed by atoms with E-state index in [1.54, 1.807) is 12.1 Å². The second-order valence-electron chi connectivity index (χ2n) is 6.10. The molecule has 4 heteroatoms. The third-order valence-corrected chi connectivity index (χ3v) is 4.55. The van der Waals surface area contributed by atoms with Crippen molar-refractivity contribution in [2.75, 3.05) is 5.73 Å². The minimum absolute atomic E-state index is 0.206. The molecule has 0 saturated heterocycles. The first-order valence-corrected chi connectivity index (χ1v) is 8.07. The Labute approximate surface area is 141 Å². The molecule has 1 aliphatic rings. The first kappa shape index (κ1) is 14.7. The standard InChI is InChI=1S/C20H19N3O/c21-20-16-12-22-17(10-13-6-2-1-3-7-13)15(16)11-18(23-20)14-8-4-5-9-19(14)24/h1-9,11,17,22,24H,10,12H2,(H2,21,23)/t17-/m0/s1. The van der Waals surface area contributed by atoms with Crippen molar-refractivity contribution in [3.05, 3.63) is 77.4 Å². The molecular formula is C20H19N3O. The number of para-hydroxylation sites is 1. The van der Waals surface area contributed by atoms with Gasteiger partial charge in [0.15, 0.2) is 0 Å². The molecule has 1 aliphatic heterocycles. The molecule has 3 aromatic rings. The summed E-state index contributed by atoms with van der Waals surface area (Å²) >= 11 is 0. The zero-order chi connectivity index (χ0) is 16.5. The molecule has 120 valence electrons. The van der Waals surface area contributed by atoms with Crippen molar-refractivity contribution >= 4 is 5.82 Å². The van der Waals surface area contributed by atoms with Gasteiger partial charge in [0, 0.05) is 23.7 Å². The fourth-order valence-electron chi connectivity index (χ4n) is 3.31. The van der Waals surface area contributed by atoms with Gasteiger partial charge in [-0.05, 0) is 35.7 Å². The highest BCUT2D eigenvalue weighted by Gasteiger charge is 2.26. The lowest BCUT2D eigenvalue weighted by atomic mass is 9.97. The van der Waals surface area contributed by atoms with Crippen molar-refractivity contribution in [2.24, 2.45) is 0 Å². The molecule has 0 bridgehead atoms. The average Bonchev–Trinajstić information content (AvgIpc) is 3.00. The van der Waals surface area contributed by atoms with Gasteiger partial charge in [-0.2, -0.15) is 0 Å². The molecular weight excluding hydrogens is 298 g/mol. The van der Waals surface area contributed by atoms with Gasteiger partial charge in [0.25, 0.3) is 0 Å². The van der Waals surface area contributed by atoms with Gasteiger partial charge in [0.2, 0.25) is 0 Å². The predicted molar refractivity (Wildman–Crippen MR) is 95.5 cm³/mol. The largest absolute Gasteiger partial charge is 0.507 e. The van der Waals surface area contributed by atoms with Crippen LogP contribution in [0.3, 0.4) is 0 Å². The van der Waals surface area contributed by atoms with Crippen LogP contribution in [0, 0.1) is 0 Å². The summed E-state index contributed by atoms with van der Waals surface area (Å²) < 4.78 is 0. The molecule has 0 fully saturated rings. The fraction of sp³-hybridized carbons (Fsp3) is 0.150. The molecule has 0 saturated carbocycles. The van der Waals surface area contributed by atoms with Crippen LogP contribution in [0.1, 0.15) is 22.7 Å². The smallest absolute Gasteiger partial charge is 0.128 e. The SMILES string of the molecule is Nc1nc(-c2ccccc2O)cc2c1CN[C@H]2Cc1ccccc1. The van der Waals surface area contributed by atoms with E-state index in [4.69, 9.17) is 5.73 Å². The van der Waals surface area contributed by atoms with Crippen LogP contribution in [-0.4, -0.2) is 10.1 Å². The van der Waals surface area contributed by atoms with E-state index in [1.807, 2.05) is 24.3 Å². The number of nitrogen functional groups attached to an aromatic ring is 1. The van der Waals surface area contributed by atoms with Gasteiger partial charge in [-0.3, -0.25) is 0 Å². The average molecular weight is 317 g/mol. The second-order valence-corrected chi connectivity index (χ2v) is 6.10. The second kappa shape index (κ2) is 5.98. The van der Waals surface area contributed by atoms with Crippen LogP contribution in [0.15, 0.2) is 60.7 Å². The summed E-state index contributed by atoms with van der Waals surface area (Å²) in [5, 5.41) is 13.6. The molecule has 4 nitrogen and oxygen atoms in total. The van der Waals surface area contributed by atoms with Crippen LogP contribution in [-0.2, 0) is 13.0 Å². The van der Waals surface area contributed by atoms with Gasteiger partial charge in [0.05, 0.1) is 5.69 Å². The third-order valence-electron chi connectivity index (χ3n) is 4.55. The number of hydrogen-bond acceptors (Lipinski definition) is 4. The molecule has 0 amide bonds. The predicted octanol–water partition coefficient (Wildman–Crippen LogP) is 3.42. The normalized spacial score (nSPS) is 16.1. The number of benzene rings is 2. The number of aromatic hydroxyl groups is 1. The van der Waals surface area contributed by atoms with Crippen molar-refractivity contribution in [2.45, 2.75) is 19.0 Å². The summed E-state index contributed by atoms with van der Waals surface area (Å²) in [5.74, 6) is 0.753. The number of nitrogens with two attached hydrogens (primary N) is 1. The van der Waals surface area contributed by atoms with E-state index in [0.717, 1.165) is 18.5 Å². The minimum atomic E-state index is 0.206. The first-order valence-electron chi connectivity index (χ1n) is 8.07. The molecule has 2 aromatic carbocycles. The molecule has 1 aromatic heterocycles. The summed E-state index contributed by atoms with van der Waals surface area (Å²) in [5.41, 5.74) is 11.1. The lowest BCUT2D eigenvalue weighted by Gasteiger charge is -2.14. The Morgan fingerprint density at radius 1 is 1.08 bits per heavy atom. The molecule has 1 atom stereocenters. The highest BCUT2D eigenvalue weighted by Crippen LogP contribution is 2.36. The van der Waals surface area contributed by atoms with Gasteiger partial charge in [-0.15, -0.1) is 0 Å². The Morgan fingerprint density at radius 2 is 1.83 bits per heavy atom. The third kappa shape index (κ3) is 2.61. The Morgan fingerprint density at radius 3 is 2.62 bits per heavy atom. The fourth-order valence-corrected chi connectivity index (χ4v) is 3.31. The number of nitrogens with zero attached hydrogens (tertiary/aromatic N) is 1. The van der Waals surface area contributed by atoms with Gasteiger partial charge in [-0.25, -0.2) is 4.98 Å². The number of phenolic OH excluding ortho intramolecular Hbond substituents is 1. The van der Waals surface area contributed by atoms with E-state index in [1.165, 1.54) is 11.1 Å². The van der Waals surface area contributed by atoms with Crippen LogP contribution < -0.4 is 11.1 Å². The summed E-state index contributed by atoms with van der Waals surface area (Å²) in [6, 6.07) is 19.9. The van der Waals surface area contributed by atoms with Crippen LogP contribution in [0.5, 0.6) is 5.75 Å². The monoisotopic (exact) mass is 317 g/mol. The molecule has 24 heavy (non-hydrogen) atoms. The lowest BCUT2D eigenvalue weighted by Crippen LogP contribution is -2.14. The van der Waals surface area contributed by atoms with Crippen LogP contribution in [0.2, 0.25) is 0 Å². The molecule has 0 spiro atoms. The molecule has 2 heterocycles. The highest BCUT2D eigenvalue weighted by atomic mass is 16.3.